The molecule has 0 fully saturated rings. The molecule has 0 saturated heterocycles. The predicted molar refractivity (Wildman–Crippen MR) is 69.1 cm³/mol. The second kappa shape index (κ2) is 5.37. The van der Waals surface area contributed by atoms with E-state index in [1.165, 1.54) is 0 Å². The van der Waals surface area contributed by atoms with Gasteiger partial charge in [-0.1, -0.05) is 16.1 Å². The fraction of sp³-hybridized carbons (Fsp3) is 0.182. The average Bonchev–Trinajstić information content (AvgIpc) is 2.77. The first kappa shape index (κ1) is 14.7. The number of anilines is 1. The van der Waals surface area contributed by atoms with E-state index in [0.717, 1.165) is 29.7 Å². The molecule has 9 heteroatoms. The second-order valence-corrected chi connectivity index (χ2v) is 5.00. The van der Waals surface area contributed by atoms with Crippen LogP contribution in [-0.4, -0.2) is 15.5 Å². The first-order valence-electron chi connectivity index (χ1n) is 5.26. The number of benzene rings is 1. The SMILES string of the molecule is Cc1nnsc1C(=O)Nc1cc(C(F)(F)F)ccc1Cl. The van der Waals surface area contributed by atoms with Crippen molar-refractivity contribution in [2.75, 3.05) is 5.32 Å². The summed E-state index contributed by atoms with van der Waals surface area (Å²) in [7, 11) is 0. The molecule has 1 N–H and O–H groups in total. The van der Waals surface area contributed by atoms with Crippen LogP contribution in [0.25, 0.3) is 0 Å². The Hall–Kier alpha value is -1.67. The first-order valence-corrected chi connectivity index (χ1v) is 6.41. The van der Waals surface area contributed by atoms with Crippen LogP contribution in [0.3, 0.4) is 0 Å². The van der Waals surface area contributed by atoms with E-state index in [-0.39, 0.29) is 15.6 Å². The van der Waals surface area contributed by atoms with Gasteiger partial charge in [-0.2, -0.15) is 13.2 Å². The lowest BCUT2D eigenvalue weighted by atomic mass is 10.2. The summed E-state index contributed by atoms with van der Waals surface area (Å²) >= 11 is 6.64. The third kappa shape index (κ3) is 3.07. The van der Waals surface area contributed by atoms with Gasteiger partial charge in [0.05, 0.1) is 22.0 Å². The molecule has 0 aliphatic carbocycles. The minimum Gasteiger partial charge on any atom is -0.320 e. The smallest absolute Gasteiger partial charge is 0.320 e. The van der Waals surface area contributed by atoms with E-state index in [0.29, 0.717) is 5.69 Å². The van der Waals surface area contributed by atoms with Crippen molar-refractivity contribution in [3.63, 3.8) is 0 Å². The van der Waals surface area contributed by atoms with Crippen LogP contribution in [-0.2, 0) is 6.18 Å². The summed E-state index contributed by atoms with van der Waals surface area (Å²) in [4.78, 5) is 12.1. The number of halogens is 4. The molecule has 0 bridgehead atoms. The van der Waals surface area contributed by atoms with Crippen LogP contribution in [0.1, 0.15) is 20.9 Å². The Bertz CT molecular complexity index is 657. The molecule has 0 unspecified atom stereocenters. The van der Waals surface area contributed by atoms with E-state index in [1.54, 1.807) is 6.92 Å². The number of aromatic nitrogens is 2. The fourth-order valence-corrected chi connectivity index (χ4v) is 2.13. The van der Waals surface area contributed by atoms with Gasteiger partial charge in [0.25, 0.3) is 5.91 Å². The van der Waals surface area contributed by atoms with Crippen LogP contribution in [0.4, 0.5) is 18.9 Å². The lowest BCUT2D eigenvalue weighted by Gasteiger charge is -2.11. The van der Waals surface area contributed by atoms with Gasteiger partial charge in [-0.25, -0.2) is 0 Å². The van der Waals surface area contributed by atoms with Crippen LogP contribution in [0.2, 0.25) is 5.02 Å². The maximum atomic E-state index is 12.6. The van der Waals surface area contributed by atoms with E-state index in [4.69, 9.17) is 11.6 Å². The molecule has 0 aliphatic rings. The number of aryl methyl sites for hydroxylation is 1. The van der Waals surface area contributed by atoms with E-state index in [1.807, 2.05) is 0 Å². The number of carbonyl (C=O) groups excluding carboxylic acids is 1. The zero-order valence-corrected chi connectivity index (χ0v) is 11.5. The maximum absolute atomic E-state index is 12.6. The Morgan fingerprint density at radius 1 is 1.40 bits per heavy atom. The molecule has 1 heterocycles. The van der Waals surface area contributed by atoms with Crippen LogP contribution in [0.5, 0.6) is 0 Å². The lowest BCUT2D eigenvalue weighted by Crippen LogP contribution is -2.13. The van der Waals surface area contributed by atoms with Crippen molar-refractivity contribution < 1.29 is 18.0 Å². The first-order chi connectivity index (χ1) is 9.29. The quantitative estimate of drug-likeness (QED) is 0.916. The van der Waals surface area contributed by atoms with Gasteiger partial charge in [0.2, 0.25) is 0 Å². The molecule has 1 aromatic carbocycles. The summed E-state index contributed by atoms with van der Waals surface area (Å²) in [5, 5.41) is 5.99. The summed E-state index contributed by atoms with van der Waals surface area (Å²) in [5.74, 6) is -0.598. The van der Waals surface area contributed by atoms with E-state index >= 15 is 0 Å². The van der Waals surface area contributed by atoms with Crippen LogP contribution >= 0.6 is 23.1 Å². The topological polar surface area (TPSA) is 54.9 Å². The lowest BCUT2D eigenvalue weighted by molar-refractivity contribution is -0.137. The molecule has 0 spiro atoms. The highest BCUT2D eigenvalue weighted by atomic mass is 35.5. The Balaban J connectivity index is 2.30. The molecule has 106 valence electrons. The fourth-order valence-electron chi connectivity index (χ4n) is 1.42. The highest BCUT2D eigenvalue weighted by Gasteiger charge is 2.31. The summed E-state index contributed by atoms with van der Waals surface area (Å²) in [6, 6.07) is 2.71. The van der Waals surface area contributed by atoms with Gasteiger partial charge in [0, 0.05) is 0 Å². The highest BCUT2D eigenvalue weighted by Crippen LogP contribution is 2.34. The summed E-state index contributed by atoms with van der Waals surface area (Å²) in [5.41, 5.74) is -0.605. The number of nitrogens with one attached hydrogen (secondary N) is 1. The van der Waals surface area contributed by atoms with Crippen LogP contribution in [0, 0.1) is 6.92 Å². The minimum absolute atomic E-state index is 0.0153. The van der Waals surface area contributed by atoms with Crippen molar-refractivity contribution in [2.45, 2.75) is 13.1 Å². The third-order valence-electron chi connectivity index (χ3n) is 2.40. The summed E-state index contributed by atoms with van der Waals surface area (Å²) in [6.45, 7) is 1.58. The molecule has 0 saturated carbocycles. The van der Waals surface area contributed by atoms with Gasteiger partial charge < -0.3 is 5.32 Å². The maximum Gasteiger partial charge on any atom is 0.416 e. The molecular formula is C11H7ClF3N3OS. The molecule has 0 aliphatic heterocycles. The van der Waals surface area contributed by atoms with Crippen molar-refractivity contribution in [1.29, 1.82) is 0 Å². The number of hydrogen-bond donors (Lipinski definition) is 1. The predicted octanol–water partition coefficient (Wildman–Crippen LogP) is 3.77. The van der Waals surface area contributed by atoms with E-state index < -0.39 is 17.6 Å². The Labute approximate surface area is 120 Å². The Morgan fingerprint density at radius 3 is 2.65 bits per heavy atom. The van der Waals surface area contributed by atoms with Gasteiger partial charge in [-0.15, -0.1) is 5.10 Å². The van der Waals surface area contributed by atoms with Gasteiger partial charge in [0.1, 0.15) is 4.88 Å². The van der Waals surface area contributed by atoms with Crippen molar-refractivity contribution >= 4 is 34.7 Å². The molecule has 1 aromatic heterocycles. The van der Waals surface area contributed by atoms with Gasteiger partial charge in [-0.05, 0) is 36.7 Å². The highest BCUT2D eigenvalue weighted by molar-refractivity contribution is 7.08. The van der Waals surface area contributed by atoms with Crippen molar-refractivity contribution in [3.05, 3.63) is 39.4 Å². The van der Waals surface area contributed by atoms with E-state index in [9.17, 15) is 18.0 Å². The molecule has 2 rings (SSSR count). The standard InChI is InChI=1S/C11H7ClF3N3OS/c1-5-9(20-18-17-5)10(19)16-8-4-6(11(13,14)15)2-3-7(8)12/h2-4H,1H3,(H,16,19). The molecule has 4 nitrogen and oxygen atoms in total. The normalized spacial score (nSPS) is 11.4. The zero-order chi connectivity index (χ0) is 14.9. The number of rotatable bonds is 2. The van der Waals surface area contributed by atoms with Gasteiger partial charge >= 0.3 is 6.18 Å². The number of carbonyl (C=O) groups is 1. The second-order valence-electron chi connectivity index (χ2n) is 3.83. The van der Waals surface area contributed by atoms with Gasteiger partial charge in [0.15, 0.2) is 0 Å². The van der Waals surface area contributed by atoms with Crippen molar-refractivity contribution in [1.82, 2.24) is 9.59 Å². The molecule has 0 radical (unpaired) electrons. The van der Waals surface area contributed by atoms with Crippen LogP contribution in [0.15, 0.2) is 18.2 Å². The van der Waals surface area contributed by atoms with Gasteiger partial charge in [-0.3, -0.25) is 4.79 Å². The molecular weight excluding hydrogens is 315 g/mol. The number of alkyl halides is 3. The van der Waals surface area contributed by atoms with Crippen LogP contribution < -0.4 is 5.32 Å². The monoisotopic (exact) mass is 321 g/mol. The molecule has 20 heavy (non-hydrogen) atoms. The van der Waals surface area contributed by atoms with Crippen molar-refractivity contribution in [2.24, 2.45) is 0 Å². The largest absolute Gasteiger partial charge is 0.416 e. The number of amides is 1. The summed E-state index contributed by atoms with van der Waals surface area (Å²) < 4.78 is 41.4. The number of hydrogen-bond acceptors (Lipinski definition) is 4. The average molecular weight is 322 g/mol. The van der Waals surface area contributed by atoms with E-state index in [2.05, 4.69) is 14.9 Å². The van der Waals surface area contributed by atoms with Crippen molar-refractivity contribution in [3.8, 4) is 0 Å². The molecule has 2 aromatic rings. The molecule has 1 amide bonds. The Morgan fingerprint density at radius 2 is 2.10 bits per heavy atom. The molecule has 0 atom stereocenters. The third-order valence-corrected chi connectivity index (χ3v) is 3.56. The number of nitrogens with zero attached hydrogens (tertiary/aromatic N) is 2. The Kier molecular flexibility index (Phi) is 3.96. The summed E-state index contributed by atoms with van der Waals surface area (Å²) in [6.07, 6.45) is -4.51. The minimum atomic E-state index is -4.51. The zero-order valence-electron chi connectivity index (χ0n) is 9.95.